The van der Waals surface area contributed by atoms with Gasteiger partial charge in [0.1, 0.15) is 6.61 Å². The van der Waals surface area contributed by atoms with Crippen molar-refractivity contribution >= 4 is 0 Å². The molecule has 4 heteroatoms. The predicted molar refractivity (Wildman–Crippen MR) is 44.7 cm³/mol. The molecule has 0 unspecified atom stereocenters. The normalized spacial score (nSPS) is 19.3. The molecule has 0 saturated heterocycles. The van der Waals surface area contributed by atoms with Crippen LogP contribution < -0.4 is 0 Å². The zero-order valence-corrected chi connectivity index (χ0v) is 7.20. The molecule has 0 bridgehead atoms. The summed E-state index contributed by atoms with van der Waals surface area (Å²) in [5.41, 5.74) is 0. The van der Waals surface area contributed by atoms with E-state index < -0.39 is 0 Å². The molecule has 4 nitrogen and oxygen atoms in total. The van der Waals surface area contributed by atoms with Gasteiger partial charge in [0.15, 0.2) is 0 Å². The highest BCUT2D eigenvalue weighted by Crippen LogP contribution is 2.19. The van der Waals surface area contributed by atoms with E-state index in [1.807, 2.05) is 0 Å². The lowest BCUT2D eigenvalue weighted by Crippen LogP contribution is -2.20. The van der Waals surface area contributed by atoms with Gasteiger partial charge >= 0.3 is 0 Å². The Balaban J connectivity index is 2.01. The van der Waals surface area contributed by atoms with E-state index in [1.54, 1.807) is 0 Å². The molecule has 0 N–H and O–H groups in total. The third-order valence-corrected chi connectivity index (χ3v) is 2.18. The van der Waals surface area contributed by atoms with Gasteiger partial charge in [0.2, 0.25) is 6.54 Å². The summed E-state index contributed by atoms with van der Waals surface area (Å²) in [6.07, 6.45) is 6.16. The van der Waals surface area contributed by atoms with Crippen LogP contribution in [0.3, 0.4) is 0 Å². The van der Waals surface area contributed by atoms with E-state index >= 15 is 0 Å². The highest BCUT2D eigenvalue weighted by molar-refractivity contribution is 4.64. The van der Waals surface area contributed by atoms with Gasteiger partial charge in [-0.25, -0.2) is 0 Å². The molecule has 0 aromatic heterocycles. The standard InChI is InChI=1S/C8H15NO3/c10-9(11)6-7-12-8-4-2-1-3-5-8/h8H,1-7H2. The van der Waals surface area contributed by atoms with Crippen LogP contribution in [0.25, 0.3) is 0 Å². The Morgan fingerprint density at radius 1 is 1.33 bits per heavy atom. The van der Waals surface area contributed by atoms with Crippen LogP contribution in [0.1, 0.15) is 32.1 Å². The van der Waals surface area contributed by atoms with Crippen molar-refractivity contribution in [3.8, 4) is 0 Å². The Morgan fingerprint density at radius 2 is 2.00 bits per heavy atom. The number of rotatable bonds is 4. The third kappa shape index (κ3) is 3.67. The first kappa shape index (κ1) is 9.45. The zero-order chi connectivity index (χ0) is 8.81. The molecule has 12 heavy (non-hydrogen) atoms. The smallest absolute Gasteiger partial charge is 0.226 e. The van der Waals surface area contributed by atoms with Crippen molar-refractivity contribution in [2.24, 2.45) is 0 Å². The average molecular weight is 173 g/mol. The third-order valence-electron chi connectivity index (χ3n) is 2.18. The molecule has 1 aliphatic rings. The first-order valence-corrected chi connectivity index (χ1v) is 4.52. The van der Waals surface area contributed by atoms with E-state index in [1.165, 1.54) is 19.3 Å². The van der Waals surface area contributed by atoms with Crippen LogP contribution >= 0.6 is 0 Å². The van der Waals surface area contributed by atoms with E-state index in [2.05, 4.69) is 0 Å². The topological polar surface area (TPSA) is 52.4 Å². The maximum atomic E-state index is 9.97. The van der Waals surface area contributed by atoms with Gasteiger partial charge in [-0.3, -0.25) is 10.1 Å². The number of ether oxygens (including phenoxy) is 1. The lowest BCUT2D eigenvalue weighted by Gasteiger charge is -2.20. The fraction of sp³-hybridized carbons (Fsp3) is 1.00. The zero-order valence-electron chi connectivity index (χ0n) is 7.20. The molecule has 0 spiro atoms. The first-order valence-electron chi connectivity index (χ1n) is 4.52. The second kappa shape index (κ2) is 5.09. The molecule has 1 saturated carbocycles. The van der Waals surface area contributed by atoms with Gasteiger partial charge in [0.05, 0.1) is 6.10 Å². The molecule has 0 aromatic rings. The van der Waals surface area contributed by atoms with Crippen LogP contribution in [0.4, 0.5) is 0 Å². The van der Waals surface area contributed by atoms with Crippen LogP contribution in [0.2, 0.25) is 0 Å². The first-order chi connectivity index (χ1) is 5.79. The van der Waals surface area contributed by atoms with Crippen molar-refractivity contribution in [3.05, 3.63) is 10.1 Å². The quantitative estimate of drug-likeness (QED) is 0.479. The summed E-state index contributed by atoms with van der Waals surface area (Å²) >= 11 is 0. The number of nitrogens with zero attached hydrogens (tertiary/aromatic N) is 1. The molecule has 0 radical (unpaired) electrons. The Labute approximate surface area is 72.1 Å². The molecule has 70 valence electrons. The fourth-order valence-electron chi connectivity index (χ4n) is 1.53. The molecule has 0 atom stereocenters. The van der Waals surface area contributed by atoms with Gasteiger partial charge in [0, 0.05) is 4.92 Å². The van der Waals surface area contributed by atoms with Crippen molar-refractivity contribution in [1.29, 1.82) is 0 Å². The maximum absolute atomic E-state index is 9.97. The lowest BCUT2D eigenvalue weighted by atomic mass is 9.98. The van der Waals surface area contributed by atoms with Crippen molar-refractivity contribution in [2.45, 2.75) is 38.2 Å². The largest absolute Gasteiger partial charge is 0.371 e. The molecule has 0 heterocycles. The van der Waals surface area contributed by atoms with Crippen LogP contribution in [0.5, 0.6) is 0 Å². The van der Waals surface area contributed by atoms with Crippen molar-refractivity contribution in [1.82, 2.24) is 0 Å². The summed E-state index contributed by atoms with van der Waals surface area (Å²) in [6, 6.07) is 0. The average Bonchev–Trinajstić information content (AvgIpc) is 2.05. The Kier molecular flexibility index (Phi) is 4.00. The van der Waals surface area contributed by atoms with Gasteiger partial charge in [-0.15, -0.1) is 0 Å². The Bertz CT molecular complexity index is 143. The minimum absolute atomic E-state index is 0.0590. The van der Waals surface area contributed by atoms with Crippen LogP contribution in [-0.4, -0.2) is 24.2 Å². The highest BCUT2D eigenvalue weighted by atomic mass is 16.6. The predicted octanol–water partition coefficient (Wildman–Crippen LogP) is 1.61. The van der Waals surface area contributed by atoms with Crippen LogP contribution in [-0.2, 0) is 4.74 Å². The SMILES string of the molecule is O=[N+]([O-])CCOC1CCCCC1. The molecule has 0 amide bonds. The minimum Gasteiger partial charge on any atom is -0.371 e. The van der Waals surface area contributed by atoms with E-state index in [9.17, 15) is 10.1 Å². The van der Waals surface area contributed by atoms with E-state index in [0.717, 1.165) is 12.8 Å². The number of nitro groups is 1. The van der Waals surface area contributed by atoms with Crippen molar-refractivity contribution in [3.63, 3.8) is 0 Å². The summed E-state index contributed by atoms with van der Waals surface area (Å²) in [5.74, 6) is 0. The molecule has 1 rings (SSSR count). The summed E-state index contributed by atoms with van der Waals surface area (Å²) in [6.45, 7) is 0.216. The summed E-state index contributed by atoms with van der Waals surface area (Å²) in [5, 5.41) is 9.97. The van der Waals surface area contributed by atoms with Crippen LogP contribution in [0.15, 0.2) is 0 Å². The van der Waals surface area contributed by atoms with E-state index in [-0.39, 0.29) is 18.1 Å². The summed E-state index contributed by atoms with van der Waals surface area (Å²) < 4.78 is 5.35. The van der Waals surface area contributed by atoms with E-state index in [4.69, 9.17) is 4.74 Å². The molecule has 0 aromatic carbocycles. The van der Waals surface area contributed by atoms with E-state index in [0.29, 0.717) is 6.10 Å². The fourth-order valence-corrected chi connectivity index (χ4v) is 1.53. The van der Waals surface area contributed by atoms with Crippen LogP contribution in [0, 0.1) is 10.1 Å². The minimum atomic E-state index is -0.331. The summed E-state index contributed by atoms with van der Waals surface area (Å²) in [4.78, 5) is 9.64. The highest BCUT2D eigenvalue weighted by Gasteiger charge is 2.13. The lowest BCUT2D eigenvalue weighted by molar-refractivity contribution is -0.484. The molecule has 0 aliphatic heterocycles. The molecular weight excluding hydrogens is 158 g/mol. The molecular formula is C8H15NO3. The molecule has 1 fully saturated rings. The maximum Gasteiger partial charge on any atom is 0.226 e. The van der Waals surface area contributed by atoms with Gasteiger partial charge in [-0.05, 0) is 12.8 Å². The Morgan fingerprint density at radius 3 is 2.58 bits per heavy atom. The molecule has 1 aliphatic carbocycles. The van der Waals surface area contributed by atoms with Crippen molar-refractivity contribution < 1.29 is 9.66 Å². The second-order valence-corrected chi connectivity index (χ2v) is 3.19. The van der Waals surface area contributed by atoms with Gasteiger partial charge in [-0.2, -0.15) is 0 Å². The monoisotopic (exact) mass is 173 g/mol. The number of hydrogen-bond donors (Lipinski definition) is 0. The summed E-state index contributed by atoms with van der Waals surface area (Å²) in [7, 11) is 0. The van der Waals surface area contributed by atoms with Gasteiger partial charge < -0.3 is 4.74 Å². The second-order valence-electron chi connectivity index (χ2n) is 3.19. The number of hydrogen-bond acceptors (Lipinski definition) is 3. The van der Waals surface area contributed by atoms with Gasteiger partial charge in [-0.1, -0.05) is 19.3 Å². The Hall–Kier alpha value is -0.640. The van der Waals surface area contributed by atoms with Crippen molar-refractivity contribution in [2.75, 3.05) is 13.2 Å². The van der Waals surface area contributed by atoms with Gasteiger partial charge in [0.25, 0.3) is 0 Å².